The van der Waals surface area contributed by atoms with Crippen molar-refractivity contribution in [2.75, 3.05) is 4.90 Å². The van der Waals surface area contributed by atoms with Crippen LogP contribution < -0.4 is 4.90 Å². The van der Waals surface area contributed by atoms with Gasteiger partial charge in [-0.2, -0.15) is 0 Å². The SMILES string of the molecule is c1cc(-c2ccccc2-c2cccc3ccccc23)cc(N(c2ccccc2-c2cccc3sc4ccccc4c23)c2cccc3sc4ccccc4c23)c1. The number of benzene rings is 9. The summed E-state index contributed by atoms with van der Waals surface area (Å²) < 4.78 is 5.19. The van der Waals surface area contributed by atoms with E-state index in [0.29, 0.717) is 0 Å². The second-order valence-electron chi connectivity index (χ2n) is 14.0. The third-order valence-corrected chi connectivity index (χ3v) is 13.2. The molecule has 11 rings (SSSR count). The Balaban J connectivity index is 1.18. The molecule has 0 amide bonds. The zero-order valence-electron chi connectivity index (χ0n) is 29.8. The molecule has 0 aliphatic rings. The summed E-state index contributed by atoms with van der Waals surface area (Å²) in [6.07, 6.45) is 0. The number of anilines is 3. The van der Waals surface area contributed by atoms with Crippen LogP contribution in [0.4, 0.5) is 17.1 Å². The molecule has 0 N–H and O–H groups in total. The normalized spacial score (nSPS) is 11.6. The van der Waals surface area contributed by atoms with Gasteiger partial charge in [-0.3, -0.25) is 0 Å². The number of rotatable bonds is 6. The molecule has 2 heterocycles. The maximum absolute atomic E-state index is 2.51. The number of hydrogen-bond donors (Lipinski definition) is 0. The first-order valence-electron chi connectivity index (χ1n) is 18.7. The predicted octanol–water partition coefficient (Wildman–Crippen LogP) is 16.0. The highest BCUT2D eigenvalue weighted by Gasteiger charge is 2.23. The average molecular weight is 736 g/mol. The van der Waals surface area contributed by atoms with Crippen LogP contribution in [0.2, 0.25) is 0 Å². The Labute approximate surface area is 327 Å². The van der Waals surface area contributed by atoms with Crippen LogP contribution in [0.25, 0.3) is 84.5 Å². The van der Waals surface area contributed by atoms with E-state index in [1.165, 1.54) is 90.2 Å². The van der Waals surface area contributed by atoms with Gasteiger partial charge >= 0.3 is 0 Å². The molecule has 0 radical (unpaired) electrons. The van der Waals surface area contributed by atoms with Gasteiger partial charge in [-0.25, -0.2) is 0 Å². The minimum Gasteiger partial charge on any atom is -0.309 e. The van der Waals surface area contributed by atoms with E-state index < -0.39 is 0 Å². The lowest BCUT2D eigenvalue weighted by Gasteiger charge is -2.29. The Morgan fingerprint density at radius 3 is 1.64 bits per heavy atom. The van der Waals surface area contributed by atoms with Crippen LogP contribution in [0.15, 0.2) is 200 Å². The molecule has 3 heteroatoms. The third-order valence-electron chi connectivity index (χ3n) is 10.9. The highest BCUT2D eigenvalue weighted by atomic mass is 32.1. The van der Waals surface area contributed by atoms with E-state index in [-0.39, 0.29) is 0 Å². The standard InChI is InChI=1S/C52H33NS2/c1-2-19-37-34(15-1)16-12-25-40(37)39-21-4-3-20-38(39)35-17-11-18-36(33-35)53(46-28-14-32-50-52(46)44-24-7-10-30-48(44)55-50)45-27-8-5-22-41(45)42-26-13-31-49-51(42)43-23-6-9-29-47(43)54-49/h1-33H. The lowest BCUT2D eigenvalue weighted by molar-refractivity contribution is 1.30. The zero-order valence-corrected chi connectivity index (χ0v) is 31.4. The summed E-state index contributed by atoms with van der Waals surface area (Å²) in [6, 6.07) is 73.5. The zero-order chi connectivity index (χ0) is 36.3. The fourth-order valence-corrected chi connectivity index (χ4v) is 10.7. The van der Waals surface area contributed by atoms with Crippen LogP contribution in [-0.4, -0.2) is 0 Å². The molecular formula is C52H33NS2. The van der Waals surface area contributed by atoms with Crippen molar-refractivity contribution in [2.24, 2.45) is 0 Å². The Bertz CT molecular complexity index is 3230. The number of fused-ring (bicyclic) bond motifs is 7. The van der Waals surface area contributed by atoms with Gasteiger partial charge in [-0.1, -0.05) is 152 Å². The maximum atomic E-state index is 2.51. The second-order valence-corrected chi connectivity index (χ2v) is 16.2. The number of para-hydroxylation sites is 1. The lowest BCUT2D eigenvalue weighted by Crippen LogP contribution is -2.11. The van der Waals surface area contributed by atoms with Gasteiger partial charge in [-0.05, 0) is 87.1 Å². The quantitative estimate of drug-likeness (QED) is 0.164. The van der Waals surface area contributed by atoms with Crippen LogP contribution in [0.1, 0.15) is 0 Å². The predicted molar refractivity (Wildman–Crippen MR) is 241 cm³/mol. The van der Waals surface area contributed by atoms with E-state index in [4.69, 9.17) is 0 Å². The molecule has 0 saturated heterocycles. The molecule has 2 aromatic heterocycles. The van der Waals surface area contributed by atoms with Gasteiger partial charge in [0, 0.05) is 51.6 Å². The summed E-state index contributed by atoms with van der Waals surface area (Å²) in [5.41, 5.74) is 10.7. The smallest absolute Gasteiger partial charge is 0.0555 e. The monoisotopic (exact) mass is 735 g/mol. The van der Waals surface area contributed by atoms with Crippen molar-refractivity contribution in [3.8, 4) is 33.4 Å². The van der Waals surface area contributed by atoms with E-state index >= 15 is 0 Å². The summed E-state index contributed by atoms with van der Waals surface area (Å²) in [6.45, 7) is 0. The van der Waals surface area contributed by atoms with Crippen molar-refractivity contribution in [1.82, 2.24) is 0 Å². The third kappa shape index (κ3) is 5.27. The summed E-state index contributed by atoms with van der Waals surface area (Å²) >= 11 is 3.73. The molecular weight excluding hydrogens is 703 g/mol. The average Bonchev–Trinajstić information content (AvgIpc) is 3.83. The maximum Gasteiger partial charge on any atom is 0.0555 e. The van der Waals surface area contributed by atoms with E-state index in [1.54, 1.807) is 0 Å². The molecule has 0 fully saturated rings. The first-order valence-corrected chi connectivity index (χ1v) is 20.3. The second kappa shape index (κ2) is 13.1. The van der Waals surface area contributed by atoms with Crippen molar-refractivity contribution in [3.05, 3.63) is 200 Å². The van der Waals surface area contributed by atoms with Crippen LogP contribution >= 0.6 is 22.7 Å². The van der Waals surface area contributed by atoms with Crippen LogP contribution in [-0.2, 0) is 0 Å². The number of nitrogens with zero attached hydrogens (tertiary/aromatic N) is 1. The van der Waals surface area contributed by atoms with Gasteiger partial charge < -0.3 is 4.90 Å². The molecule has 0 unspecified atom stereocenters. The van der Waals surface area contributed by atoms with Gasteiger partial charge in [0.25, 0.3) is 0 Å². The van der Waals surface area contributed by atoms with E-state index in [2.05, 4.69) is 205 Å². The Morgan fingerprint density at radius 2 is 0.818 bits per heavy atom. The Hall–Kier alpha value is -6.52. The van der Waals surface area contributed by atoms with Crippen LogP contribution in [0.5, 0.6) is 0 Å². The molecule has 0 aliphatic carbocycles. The minimum atomic E-state index is 1.11. The molecule has 0 saturated carbocycles. The van der Waals surface area contributed by atoms with Gasteiger partial charge in [0.1, 0.15) is 0 Å². The van der Waals surface area contributed by atoms with Gasteiger partial charge in [-0.15, -0.1) is 22.7 Å². The first kappa shape index (κ1) is 32.0. The highest BCUT2D eigenvalue weighted by molar-refractivity contribution is 7.26. The van der Waals surface area contributed by atoms with Crippen molar-refractivity contribution in [2.45, 2.75) is 0 Å². The van der Waals surface area contributed by atoms with Crippen molar-refractivity contribution in [1.29, 1.82) is 0 Å². The first-order chi connectivity index (χ1) is 27.3. The number of hydrogen-bond acceptors (Lipinski definition) is 3. The summed E-state index contributed by atoms with van der Waals surface area (Å²) in [5.74, 6) is 0. The van der Waals surface area contributed by atoms with Gasteiger partial charge in [0.15, 0.2) is 0 Å². The van der Waals surface area contributed by atoms with Gasteiger partial charge in [0.05, 0.1) is 11.4 Å². The highest BCUT2D eigenvalue weighted by Crippen LogP contribution is 2.50. The fraction of sp³-hybridized carbons (Fsp3) is 0. The Morgan fingerprint density at radius 1 is 0.309 bits per heavy atom. The topological polar surface area (TPSA) is 3.24 Å². The minimum absolute atomic E-state index is 1.11. The Kier molecular flexibility index (Phi) is 7.61. The van der Waals surface area contributed by atoms with Gasteiger partial charge in [0.2, 0.25) is 0 Å². The van der Waals surface area contributed by atoms with E-state index in [0.717, 1.165) is 11.4 Å². The van der Waals surface area contributed by atoms with E-state index in [9.17, 15) is 0 Å². The fourth-order valence-electron chi connectivity index (χ4n) is 8.49. The molecule has 1 nitrogen and oxygen atoms in total. The van der Waals surface area contributed by atoms with Crippen molar-refractivity contribution >= 4 is 90.9 Å². The van der Waals surface area contributed by atoms with Crippen LogP contribution in [0, 0.1) is 0 Å². The van der Waals surface area contributed by atoms with Crippen LogP contribution in [0.3, 0.4) is 0 Å². The molecule has 55 heavy (non-hydrogen) atoms. The molecule has 9 aromatic carbocycles. The molecule has 11 aromatic rings. The summed E-state index contributed by atoms with van der Waals surface area (Å²) in [7, 11) is 0. The molecule has 0 spiro atoms. The summed E-state index contributed by atoms with van der Waals surface area (Å²) in [4.78, 5) is 2.51. The molecule has 0 atom stereocenters. The largest absolute Gasteiger partial charge is 0.309 e. The summed E-state index contributed by atoms with van der Waals surface area (Å²) in [5, 5.41) is 7.68. The number of thiophene rings is 2. The van der Waals surface area contributed by atoms with E-state index in [1.807, 2.05) is 22.7 Å². The molecule has 0 aliphatic heterocycles. The van der Waals surface area contributed by atoms with Crippen molar-refractivity contribution < 1.29 is 0 Å². The molecule has 0 bridgehead atoms. The lowest BCUT2D eigenvalue weighted by atomic mass is 9.91. The van der Waals surface area contributed by atoms with Crippen molar-refractivity contribution in [3.63, 3.8) is 0 Å². The molecule has 258 valence electrons.